The molecule has 0 spiro atoms. The van der Waals surface area contributed by atoms with Crippen molar-refractivity contribution in [3.05, 3.63) is 30.1 Å². The van der Waals surface area contributed by atoms with Crippen LogP contribution in [0.25, 0.3) is 0 Å². The van der Waals surface area contributed by atoms with Crippen molar-refractivity contribution in [1.29, 1.82) is 0 Å². The molecule has 1 rings (SSSR count). The Kier molecular flexibility index (Phi) is 9.12. The molecule has 0 N–H and O–H groups in total. The van der Waals surface area contributed by atoms with Gasteiger partial charge in [0.05, 0.1) is 19.8 Å². The van der Waals surface area contributed by atoms with E-state index in [9.17, 15) is 0 Å². The van der Waals surface area contributed by atoms with Crippen molar-refractivity contribution in [2.45, 2.75) is 72.6 Å². The normalized spacial score (nSPS) is 12.7. The highest BCUT2D eigenvalue weighted by atomic mass is 16.5. The maximum atomic E-state index is 5.60. The van der Waals surface area contributed by atoms with Gasteiger partial charge in [0.25, 0.3) is 0 Å². The van der Waals surface area contributed by atoms with Crippen LogP contribution >= 0.6 is 0 Å². The van der Waals surface area contributed by atoms with E-state index in [1.165, 1.54) is 6.42 Å². The Labute approximate surface area is 154 Å². The second-order valence-electron chi connectivity index (χ2n) is 8.75. The highest BCUT2D eigenvalue weighted by Gasteiger charge is 2.14. The van der Waals surface area contributed by atoms with E-state index in [4.69, 9.17) is 9.47 Å². The summed E-state index contributed by atoms with van der Waals surface area (Å²) < 4.78 is 11.2. The van der Waals surface area contributed by atoms with Gasteiger partial charge >= 0.3 is 6.01 Å². The van der Waals surface area contributed by atoms with Crippen LogP contribution in [0.1, 0.15) is 72.8 Å². The number of rotatable bonds is 10. The second kappa shape index (κ2) is 10.5. The van der Waals surface area contributed by atoms with Crippen molar-refractivity contribution in [3.63, 3.8) is 0 Å². The highest BCUT2D eigenvalue weighted by Crippen LogP contribution is 2.21. The molecular formula is C21H36N2O2. The summed E-state index contributed by atoms with van der Waals surface area (Å²) in [6.45, 7) is 15.2. The molecule has 0 aromatic carbocycles. The Morgan fingerprint density at radius 3 is 2.20 bits per heavy atom. The van der Waals surface area contributed by atoms with E-state index in [2.05, 4.69) is 63.7 Å². The smallest absolute Gasteiger partial charge is 0.316 e. The number of allylic oxidation sites excluding steroid dienone is 1. The van der Waals surface area contributed by atoms with Gasteiger partial charge < -0.3 is 9.47 Å². The largest absolute Gasteiger partial charge is 0.463 e. The summed E-state index contributed by atoms with van der Waals surface area (Å²) in [7, 11) is 0. The molecular weight excluding hydrogens is 312 g/mol. The van der Waals surface area contributed by atoms with Gasteiger partial charge in [-0.1, -0.05) is 53.7 Å². The van der Waals surface area contributed by atoms with Gasteiger partial charge in [-0.3, -0.25) is 0 Å². The second-order valence-corrected chi connectivity index (χ2v) is 8.75. The van der Waals surface area contributed by atoms with E-state index >= 15 is 0 Å². The fourth-order valence-electron chi connectivity index (χ4n) is 2.10. The van der Waals surface area contributed by atoms with Crippen LogP contribution in [0.5, 0.6) is 6.01 Å². The minimum atomic E-state index is 0.0732. The Hall–Kier alpha value is -1.42. The molecule has 0 unspecified atom stereocenters. The zero-order valence-electron chi connectivity index (χ0n) is 17.0. The van der Waals surface area contributed by atoms with Gasteiger partial charge in [-0.25, -0.2) is 9.97 Å². The Morgan fingerprint density at radius 2 is 1.60 bits per heavy atom. The number of aromatic nitrogens is 2. The van der Waals surface area contributed by atoms with E-state index in [1.807, 2.05) is 12.4 Å². The SMILES string of the molecule is CC(C)(C)COCC=CCCCCCOc1ncc(C(C)(C)C)cn1. The lowest BCUT2D eigenvalue weighted by molar-refractivity contribution is 0.0908. The van der Waals surface area contributed by atoms with E-state index in [0.717, 1.165) is 31.4 Å². The molecule has 0 aliphatic heterocycles. The molecule has 0 fully saturated rings. The predicted molar refractivity (Wildman–Crippen MR) is 104 cm³/mol. The van der Waals surface area contributed by atoms with Crippen molar-refractivity contribution in [3.8, 4) is 6.01 Å². The van der Waals surface area contributed by atoms with Crippen LogP contribution in [0.2, 0.25) is 0 Å². The van der Waals surface area contributed by atoms with Crippen LogP contribution in [0.15, 0.2) is 24.5 Å². The first-order valence-corrected chi connectivity index (χ1v) is 9.36. The number of unbranched alkanes of at least 4 members (excludes halogenated alkanes) is 3. The van der Waals surface area contributed by atoms with Crippen LogP contribution in [-0.4, -0.2) is 29.8 Å². The van der Waals surface area contributed by atoms with Gasteiger partial charge in [0.15, 0.2) is 0 Å². The van der Waals surface area contributed by atoms with E-state index in [0.29, 0.717) is 19.2 Å². The maximum Gasteiger partial charge on any atom is 0.316 e. The molecule has 1 heterocycles. The molecule has 0 amide bonds. The van der Waals surface area contributed by atoms with Gasteiger partial charge in [0.1, 0.15) is 0 Å². The molecule has 4 heteroatoms. The van der Waals surface area contributed by atoms with Crippen LogP contribution in [-0.2, 0) is 10.2 Å². The minimum absolute atomic E-state index is 0.0732. The summed E-state index contributed by atoms with van der Waals surface area (Å²) in [6.07, 6.45) is 12.5. The molecule has 142 valence electrons. The lowest BCUT2D eigenvalue weighted by Crippen LogP contribution is -2.14. The molecule has 25 heavy (non-hydrogen) atoms. The van der Waals surface area contributed by atoms with Gasteiger partial charge in [0, 0.05) is 12.4 Å². The first-order valence-electron chi connectivity index (χ1n) is 9.36. The van der Waals surface area contributed by atoms with Crippen molar-refractivity contribution in [1.82, 2.24) is 9.97 Å². The number of hydrogen-bond acceptors (Lipinski definition) is 4. The minimum Gasteiger partial charge on any atom is -0.463 e. The summed E-state index contributed by atoms with van der Waals surface area (Å²) in [5.74, 6) is 0. The fraction of sp³-hybridized carbons (Fsp3) is 0.714. The highest BCUT2D eigenvalue weighted by molar-refractivity contribution is 5.16. The average molecular weight is 349 g/mol. The van der Waals surface area contributed by atoms with Crippen LogP contribution < -0.4 is 4.74 Å². The molecule has 1 aromatic heterocycles. The molecule has 0 saturated heterocycles. The fourth-order valence-corrected chi connectivity index (χ4v) is 2.10. The maximum absolute atomic E-state index is 5.60. The lowest BCUT2D eigenvalue weighted by atomic mass is 9.89. The third kappa shape index (κ3) is 10.9. The van der Waals surface area contributed by atoms with Crippen LogP contribution in [0, 0.1) is 5.41 Å². The standard InChI is InChI=1S/C21H36N2O2/c1-20(2,3)17-24-13-11-9-7-8-10-12-14-25-19-22-15-18(16-23-19)21(4,5)6/h9,11,15-16H,7-8,10,12-14,17H2,1-6H3. The summed E-state index contributed by atoms with van der Waals surface area (Å²) >= 11 is 0. The first kappa shape index (κ1) is 21.6. The van der Waals surface area contributed by atoms with Crippen LogP contribution in [0.3, 0.4) is 0 Å². The van der Waals surface area contributed by atoms with Crippen molar-refractivity contribution in [2.75, 3.05) is 19.8 Å². The summed E-state index contributed by atoms with van der Waals surface area (Å²) in [5, 5.41) is 0. The summed E-state index contributed by atoms with van der Waals surface area (Å²) in [4.78, 5) is 8.56. The number of hydrogen-bond donors (Lipinski definition) is 0. The predicted octanol–water partition coefficient (Wildman–Crippen LogP) is 5.33. The molecule has 1 aromatic rings. The Balaban J connectivity index is 2.03. The molecule has 0 aliphatic rings. The number of ether oxygens (including phenoxy) is 2. The van der Waals surface area contributed by atoms with Gasteiger partial charge in [-0.15, -0.1) is 0 Å². The van der Waals surface area contributed by atoms with E-state index in [1.54, 1.807) is 0 Å². The van der Waals surface area contributed by atoms with E-state index < -0.39 is 0 Å². The third-order valence-electron chi connectivity index (χ3n) is 3.66. The quantitative estimate of drug-likeness (QED) is 0.423. The van der Waals surface area contributed by atoms with Crippen molar-refractivity contribution in [2.24, 2.45) is 5.41 Å². The van der Waals surface area contributed by atoms with Gasteiger partial charge in [-0.05, 0) is 42.1 Å². The molecule has 0 radical (unpaired) electrons. The third-order valence-corrected chi connectivity index (χ3v) is 3.66. The summed E-state index contributed by atoms with van der Waals surface area (Å²) in [6, 6.07) is 0.476. The Morgan fingerprint density at radius 1 is 0.920 bits per heavy atom. The van der Waals surface area contributed by atoms with Gasteiger partial charge in [-0.2, -0.15) is 0 Å². The molecule has 0 atom stereocenters. The molecule has 0 saturated carbocycles. The van der Waals surface area contributed by atoms with Crippen molar-refractivity contribution >= 4 is 0 Å². The van der Waals surface area contributed by atoms with Gasteiger partial charge in [0.2, 0.25) is 0 Å². The lowest BCUT2D eigenvalue weighted by Gasteiger charge is -2.17. The zero-order chi connectivity index (χ0) is 18.8. The molecule has 0 bridgehead atoms. The first-order chi connectivity index (χ1) is 11.7. The zero-order valence-corrected chi connectivity index (χ0v) is 17.0. The monoisotopic (exact) mass is 348 g/mol. The molecule has 0 aliphatic carbocycles. The molecule has 4 nitrogen and oxygen atoms in total. The number of nitrogens with zero attached hydrogens (tertiary/aromatic N) is 2. The Bertz CT molecular complexity index is 496. The van der Waals surface area contributed by atoms with Crippen LogP contribution in [0.4, 0.5) is 0 Å². The van der Waals surface area contributed by atoms with E-state index in [-0.39, 0.29) is 10.8 Å². The summed E-state index contributed by atoms with van der Waals surface area (Å²) in [5.41, 5.74) is 1.44. The van der Waals surface area contributed by atoms with Crippen molar-refractivity contribution < 1.29 is 9.47 Å². The topological polar surface area (TPSA) is 44.2 Å². The average Bonchev–Trinajstić information content (AvgIpc) is 2.51.